The summed E-state index contributed by atoms with van der Waals surface area (Å²) in [5.41, 5.74) is 8.12. The SMILES string of the molecule is CC1(c2ccc(Cl)c(O)c2Cl)C(=O)Nc2nc(-c3cn4ccnc4c(CC4CCCCC4)n3)nc(N)c21. The van der Waals surface area contributed by atoms with E-state index in [2.05, 4.69) is 20.3 Å². The van der Waals surface area contributed by atoms with Crippen LogP contribution < -0.4 is 11.1 Å². The molecule has 1 saturated carbocycles. The van der Waals surface area contributed by atoms with Crippen LogP contribution in [0, 0.1) is 5.92 Å². The summed E-state index contributed by atoms with van der Waals surface area (Å²) < 4.78 is 1.92. The third kappa shape index (κ3) is 3.79. The van der Waals surface area contributed by atoms with Crippen LogP contribution in [0.1, 0.15) is 55.8 Å². The Morgan fingerprint density at radius 2 is 1.97 bits per heavy atom. The number of hydrogen-bond acceptors (Lipinski definition) is 7. The Balaban J connectivity index is 1.45. The first-order valence-electron chi connectivity index (χ1n) is 12.3. The van der Waals surface area contributed by atoms with Gasteiger partial charge < -0.3 is 20.6 Å². The normalized spacial score (nSPS) is 19.8. The number of imidazole rings is 1. The van der Waals surface area contributed by atoms with Crippen molar-refractivity contribution in [1.29, 1.82) is 0 Å². The number of carbonyl (C=O) groups is 1. The van der Waals surface area contributed by atoms with Gasteiger partial charge in [0.15, 0.2) is 17.2 Å². The van der Waals surface area contributed by atoms with Crippen molar-refractivity contribution in [2.75, 3.05) is 11.1 Å². The lowest BCUT2D eigenvalue weighted by Gasteiger charge is -2.25. The smallest absolute Gasteiger partial charge is 0.240 e. The van der Waals surface area contributed by atoms with Gasteiger partial charge in [0.1, 0.15) is 22.7 Å². The van der Waals surface area contributed by atoms with Gasteiger partial charge in [0.2, 0.25) is 5.91 Å². The number of anilines is 2. The van der Waals surface area contributed by atoms with Crippen molar-refractivity contribution in [2.45, 2.75) is 50.9 Å². The molecular formula is C26H25Cl2N7O2. The fourth-order valence-electron chi connectivity index (χ4n) is 5.61. The minimum absolute atomic E-state index is 0.0268. The molecule has 1 amide bonds. The number of nitrogen functional groups attached to an aromatic ring is 1. The van der Waals surface area contributed by atoms with Crippen molar-refractivity contribution in [3.8, 4) is 17.3 Å². The highest BCUT2D eigenvalue weighted by Crippen LogP contribution is 2.49. The second-order valence-corrected chi connectivity index (χ2v) is 10.7. The molecule has 6 rings (SSSR count). The number of nitrogens with one attached hydrogen (secondary N) is 1. The zero-order chi connectivity index (χ0) is 25.9. The summed E-state index contributed by atoms with van der Waals surface area (Å²) in [6.45, 7) is 1.67. The number of nitrogens with zero attached hydrogens (tertiary/aromatic N) is 5. The lowest BCUT2D eigenvalue weighted by atomic mass is 9.77. The summed E-state index contributed by atoms with van der Waals surface area (Å²) >= 11 is 12.4. The Hall–Kier alpha value is -3.43. The molecule has 2 aliphatic rings. The van der Waals surface area contributed by atoms with Crippen LogP contribution >= 0.6 is 23.2 Å². The molecule has 37 heavy (non-hydrogen) atoms. The number of phenols is 1. The molecular weight excluding hydrogens is 513 g/mol. The molecule has 1 unspecified atom stereocenters. The van der Waals surface area contributed by atoms with E-state index in [9.17, 15) is 9.90 Å². The van der Waals surface area contributed by atoms with Crippen molar-refractivity contribution in [3.63, 3.8) is 0 Å². The quantitative estimate of drug-likeness (QED) is 0.327. The van der Waals surface area contributed by atoms with E-state index < -0.39 is 5.41 Å². The number of hydrogen-bond donors (Lipinski definition) is 3. The summed E-state index contributed by atoms with van der Waals surface area (Å²) in [6.07, 6.45) is 12.4. The molecule has 1 aliphatic carbocycles. The highest BCUT2D eigenvalue weighted by atomic mass is 35.5. The monoisotopic (exact) mass is 537 g/mol. The molecule has 9 nitrogen and oxygen atoms in total. The fourth-order valence-corrected chi connectivity index (χ4v) is 6.17. The molecule has 1 atom stereocenters. The number of aromatic hydroxyl groups is 1. The van der Waals surface area contributed by atoms with Gasteiger partial charge in [-0.05, 0) is 30.9 Å². The second kappa shape index (κ2) is 8.85. The molecule has 1 fully saturated rings. The van der Waals surface area contributed by atoms with Crippen LogP contribution in [0.4, 0.5) is 11.6 Å². The molecule has 190 valence electrons. The Bertz CT molecular complexity index is 1560. The minimum Gasteiger partial charge on any atom is -0.505 e. The van der Waals surface area contributed by atoms with Gasteiger partial charge in [0, 0.05) is 18.6 Å². The van der Waals surface area contributed by atoms with E-state index in [1.54, 1.807) is 19.2 Å². The van der Waals surface area contributed by atoms with Crippen LogP contribution in [-0.2, 0) is 16.6 Å². The average molecular weight is 538 g/mol. The van der Waals surface area contributed by atoms with Gasteiger partial charge in [-0.2, -0.15) is 0 Å². The van der Waals surface area contributed by atoms with Gasteiger partial charge in [-0.3, -0.25) is 4.79 Å². The summed E-state index contributed by atoms with van der Waals surface area (Å²) in [6, 6.07) is 3.08. The van der Waals surface area contributed by atoms with E-state index in [0.29, 0.717) is 28.6 Å². The maximum absolute atomic E-state index is 13.3. The first-order valence-corrected chi connectivity index (χ1v) is 13.0. The molecule has 0 spiro atoms. The summed E-state index contributed by atoms with van der Waals surface area (Å²) in [4.78, 5) is 31.9. The van der Waals surface area contributed by atoms with Gasteiger partial charge >= 0.3 is 0 Å². The third-order valence-electron chi connectivity index (χ3n) is 7.61. The van der Waals surface area contributed by atoms with Crippen molar-refractivity contribution in [3.05, 3.63) is 57.6 Å². The van der Waals surface area contributed by atoms with Crippen LogP contribution in [0.2, 0.25) is 10.0 Å². The van der Waals surface area contributed by atoms with Gasteiger partial charge in [-0.1, -0.05) is 61.4 Å². The van der Waals surface area contributed by atoms with Gasteiger partial charge in [-0.15, -0.1) is 0 Å². The van der Waals surface area contributed by atoms with Crippen molar-refractivity contribution in [2.24, 2.45) is 5.92 Å². The van der Waals surface area contributed by atoms with Crippen LogP contribution in [0.15, 0.2) is 30.7 Å². The zero-order valence-corrected chi connectivity index (χ0v) is 21.6. The van der Waals surface area contributed by atoms with E-state index in [-0.39, 0.29) is 33.3 Å². The van der Waals surface area contributed by atoms with Crippen molar-refractivity contribution in [1.82, 2.24) is 24.3 Å². The number of fused-ring (bicyclic) bond motifs is 2. The number of rotatable bonds is 4. The van der Waals surface area contributed by atoms with Crippen LogP contribution in [0.3, 0.4) is 0 Å². The Kier molecular flexibility index (Phi) is 5.72. The largest absolute Gasteiger partial charge is 0.505 e. The maximum Gasteiger partial charge on any atom is 0.240 e. The standard InChI is InChI=1S/C26H25Cl2N7O2/c1-26(14-7-8-15(27)20(36)19(14)28)18-21(29)32-22(33-23(18)34-25(26)37)17-12-35-10-9-30-24(35)16(31-17)11-13-5-3-2-4-6-13/h7-10,12-13,36H,2-6,11H2,1H3,(H3,29,32,33,34,37). The number of halogens is 2. The van der Waals surface area contributed by atoms with E-state index >= 15 is 0 Å². The number of carbonyl (C=O) groups excluding carboxylic acids is 1. The van der Waals surface area contributed by atoms with Crippen LogP contribution in [-0.4, -0.2) is 35.4 Å². The van der Waals surface area contributed by atoms with E-state index in [1.807, 2.05) is 16.8 Å². The fraction of sp³-hybridized carbons (Fsp3) is 0.346. The molecule has 3 aromatic heterocycles. The Morgan fingerprint density at radius 1 is 1.19 bits per heavy atom. The van der Waals surface area contributed by atoms with E-state index in [0.717, 1.165) is 17.8 Å². The summed E-state index contributed by atoms with van der Waals surface area (Å²) in [7, 11) is 0. The van der Waals surface area contributed by atoms with Crippen LogP contribution in [0.25, 0.3) is 17.2 Å². The highest BCUT2D eigenvalue weighted by Gasteiger charge is 2.49. The van der Waals surface area contributed by atoms with Gasteiger partial charge in [-0.25, -0.2) is 19.9 Å². The van der Waals surface area contributed by atoms with Gasteiger partial charge in [0.25, 0.3) is 0 Å². The van der Waals surface area contributed by atoms with Crippen molar-refractivity contribution >= 4 is 46.4 Å². The molecule has 0 bridgehead atoms. The van der Waals surface area contributed by atoms with E-state index in [1.165, 1.54) is 38.2 Å². The number of aromatic nitrogens is 5. The molecule has 11 heteroatoms. The average Bonchev–Trinajstić information content (AvgIpc) is 3.46. The Morgan fingerprint density at radius 3 is 2.76 bits per heavy atom. The number of amides is 1. The summed E-state index contributed by atoms with van der Waals surface area (Å²) in [5, 5.41) is 13.2. The predicted octanol–water partition coefficient (Wildman–Crippen LogP) is 5.16. The number of benzene rings is 1. The summed E-state index contributed by atoms with van der Waals surface area (Å²) in [5.74, 6) is 0.576. The minimum atomic E-state index is -1.33. The molecule has 4 N–H and O–H groups in total. The number of nitrogens with two attached hydrogens (primary N) is 1. The molecule has 4 aromatic rings. The number of phenolic OH excluding ortho intramolecular Hbond substituents is 1. The lowest BCUT2D eigenvalue weighted by molar-refractivity contribution is -0.119. The third-order valence-corrected chi connectivity index (χ3v) is 8.30. The van der Waals surface area contributed by atoms with E-state index in [4.69, 9.17) is 33.9 Å². The topological polar surface area (TPSA) is 131 Å². The first-order chi connectivity index (χ1) is 17.8. The molecule has 1 aliphatic heterocycles. The predicted molar refractivity (Wildman–Crippen MR) is 142 cm³/mol. The molecule has 0 radical (unpaired) electrons. The highest BCUT2D eigenvalue weighted by molar-refractivity contribution is 6.38. The van der Waals surface area contributed by atoms with Crippen molar-refractivity contribution < 1.29 is 9.90 Å². The first kappa shape index (κ1) is 23.9. The zero-order valence-electron chi connectivity index (χ0n) is 20.1. The second-order valence-electron chi connectivity index (χ2n) is 9.93. The lowest BCUT2D eigenvalue weighted by Crippen LogP contribution is -2.33. The molecule has 4 heterocycles. The molecule has 1 aromatic carbocycles. The Labute approximate surface area is 223 Å². The molecule has 0 saturated heterocycles. The maximum atomic E-state index is 13.3. The van der Waals surface area contributed by atoms with Gasteiger partial charge in [0.05, 0.1) is 21.3 Å². The van der Waals surface area contributed by atoms with Crippen LogP contribution in [0.5, 0.6) is 5.75 Å².